The third kappa shape index (κ3) is 5.51. The van der Waals surface area contributed by atoms with Gasteiger partial charge in [0, 0.05) is 12.2 Å². The molecule has 1 heterocycles. The van der Waals surface area contributed by atoms with Crippen molar-refractivity contribution in [2.45, 2.75) is 26.7 Å². The average molecular weight is 387 g/mol. The molecule has 5 nitrogen and oxygen atoms in total. The molecule has 0 aliphatic rings. The molecule has 0 aliphatic heterocycles. The summed E-state index contributed by atoms with van der Waals surface area (Å²) in [4.78, 5) is 29.2. The zero-order valence-corrected chi connectivity index (χ0v) is 16.7. The number of aromatic nitrogens is 1. The fourth-order valence-electron chi connectivity index (χ4n) is 3.11. The summed E-state index contributed by atoms with van der Waals surface area (Å²) in [5, 5.41) is 5.77. The Morgan fingerprint density at radius 3 is 2.10 bits per heavy atom. The molecule has 5 heteroatoms. The minimum absolute atomic E-state index is 0.213. The highest BCUT2D eigenvalue weighted by molar-refractivity contribution is 6.04. The van der Waals surface area contributed by atoms with Crippen molar-refractivity contribution in [3.05, 3.63) is 94.8 Å². The van der Waals surface area contributed by atoms with Crippen LogP contribution < -0.4 is 10.6 Å². The minimum Gasteiger partial charge on any atom is -0.351 e. The number of amides is 2. The van der Waals surface area contributed by atoms with E-state index in [1.807, 2.05) is 50.2 Å². The van der Waals surface area contributed by atoms with Crippen molar-refractivity contribution in [1.82, 2.24) is 10.3 Å². The van der Waals surface area contributed by atoms with Gasteiger partial charge in [-0.3, -0.25) is 9.59 Å². The Morgan fingerprint density at radius 1 is 0.793 bits per heavy atom. The fraction of sp³-hybridized carbons (Fsp3) is 0.208. The summed E-state index contributed by atoms with van der Waals surface area (Å²) in [7, 11) is 0. The van der Waals surface area contributed by atoms with Crippen LogP contribution in [0.15, 0.2) is 66.7 Å². The van der Waals surface area contributed by atoms with Crippen LogP contribution in [-0.4, -0.2) is 23.3 Å². The van der Waals surface area contributed by atoms with Gasteiger partial charge >= 0.3 is 0 Å². The van der Waals surface area contributed by atoms with E-state index in [9.17, 15) is 9.59 Å². The van der Waals surface area contributed by atoms with Gasteiger partial charge in [0.2, 0.25) is 0 Å². The number of hydrogen-bond donors (Lipinski definition) is 2. The van der Waals surface area contributed by atoms with Crippen LogP contribution in [0.3, 0.4) is 0 Å². The third-order valence-electron chi connectivity index (χ3n) is 4.70. The highest BCUT2D eigenvalue weighted by Crippen LogP contribution is 2.20. The molecule has 2 N–H and O–H groups in total. The van der Waals surface area contributed by atoms with Crippen LogP contribution >= 0.6 is 0 Å². The lowest BCUT2D eigenvalue weighted by Gasteiger charge is -2.11. The molecule has 0 unspecified atom stereocenters. The molecule has 0 atom stereocenters. The zero-order chi connectivity index (χ0) is 20.6. The number of carbonyl (C=O) groups excluding carboxylic acids is 2. The number of nitrogens with zero attached hydrogens (tertiary/aromatic N) is 1. The van der Waals surface area contributed by atoms with Crippen LogP contribution in [0.4, 0.5) is 5.69 Å². The molecule has 0 radical (unpaired) electrons. The molecule has 0 spiro atoms. The quantitative estimate of drug-likeness (QED) is 0.593. The topological polar surface area (TPSA) is 71.1 Å². The summed E-state index contributed by atoms with van der Waals surface area (Å²) in [6.07, 6.45) is 1.73. The first-order valence-electron chi connectivity index (χ1n) is 9.71. The Bertz CT molecular complexity index is 980. The van der Waals surface area contributed by atoms with E-state index in [-0.39, 0.29) is 23.2 Å². The Morgan fingerprint density at radius 2 is 1.41 bits per heavy atom. The largest absolute Gasteiger partial charge is 0.351 e. The number of carbonyl (C=O) groups is 2. The SMILES string of the molecule is Cc1cccc(C)c1NC(=O)c1cccc(C(=O)NCCCc2ccccc2)n1. The molecular weight excluding hydrogens is 362 g/mol. The lowest BCUT2D eigenvalue weighted by molar-refractivity contribution is 0.0948. The maximum absolute atomic E-state index is 12.6. The van der Waals surface area contributed by atoms with Gasteiger partial charge in [-0.05, 0) is 55.5 Å². The number of pyridine rings is 1. The minimum atomic E-state index is -0.332. The standard InChI is InChI=1S/C24H25N3O2/c1-17-9-6-10-18(2)22(17)27-24(29)21-15-7-14-20(26-21)23(28)25-16-8-13-19-11-4-3-5-12-19/h3-7,9-12,14-15H,8,13,16H2,1-2H3,(H,25,28)(H,27,29). The van der Waals surface area contributed by atoms with Gasteiger partial charge in [0.15, 0.2) is 0 Å². The molecule has 0 aliphatic carbocycles. The van der Waals surface area contributed by atoms with Crippen molar-refractivity contribution in [3.63, 3.8) is 0 Å². The number of para-hydroxylation sites is 1. The van der Waals surface area contributed by atoms with E-state index >= 15 is 0 Å². The lowest BCUT2D eigenvalue weighted by atomic mass is 10.1. The molecule has 1 aromatic heterocycles. The molecule has 29 heavy (non-hydrogen) atoms. The molecule has 0 saturated carbocycles. The van der Waals surface area contributed by atoms with E-state index in [0.29, 0.717) is 6.54 Å². The van der Waals surface area contributed by atoms with E-state index in [0.717, 1.165) is 29.7 Å². The van der Waals surface area contributed by atoms with Crippen LogP contribution in [0, 0.1) is 13.8 Å². The first-order valence-corrected chi connectivity index (χ1v) is 9.71. The van der Waals surface area contributed by atoms with Crippen molar-refractivity contribution in [2.24, 2.45) is 0 Å². The Balaban J connectivity index is 1.58. The number of hydrogen-bond acceptors (Lipinski definition) is 3. The molecule has 2 amide bonds. The van der Waals surface area contributed by atoms with Crippen molar-refractivity contribution in [2.75, 3.05) is 11.9 Å². The van der Waals surface area contributed by atoms with Crippen molar-refractivity contribution in [3.8, 4) is 0 Å². The van der Waals surface area contributed by atoms with Crippen molar-refractivity contribution < 1.29 is 9.59 Å². The maximum Gasteiger partial charge on any atom is 0.274 e. The van der Waals surface area contributed by atoms with Gasteiger partial charge in [0.1, 0.15) is 11.4 Å². The number of anilines is 1. The van der Waals surface area contributed by atoms with Gasteiger partial charge in [-0.25, -0.2) is 4.98 Å². The lowest BCUT2D eigenvalue weighted by Crippen LogP contribution is -2.26. The average Bonchev–Trinajstić information content (AvgIpc) is 2.74. The number of benzene rings is 2. The summed E-state index contributed by atoms with van der Waals surface area (Å²) in [5.41, 5.74) is 4.42. The summed E-state index contributed by atoms with van der Waals surface area (Å²) in [6.45, 7) is 4.43. The molecule has 0 saturated heterocycles. The molecule has 3 aromatic rings. The Hall–Kier alpha value is -3.47. The van der Waals surface area contributed by atoms with Crippen molar-refractivity contribution >= 4 is 17.5 Å². The van der Waals surface area contributed by atoms with Gasteiger partial charge < -0.3 is 10.6 Å². The second-order valence-electron chi connectivity index (χ2n) is 6.97. The first kappa shape index (κ1) is 20.3. The van der Waals surface area contributed by atoms with Crippen LogP contribution in [0.25, 0.3) is 0 Å². The molecular formula is C24H25N3O2. The first-order chi connectivity index (χ1) is 14.0. The summed E-state index contributed by atoms with van der Waals surface area (Å²) in [5.74, 6) is -0.610. The fourth-order valence-corrected chi connectivity index (χ4v) is 3.11. The van der Waals surface area contributed by atoms with E-state index in [4.69, 9.17) is 0 Å². The van der Waals surface area contributed by atoms with Crippen LogP contribution in [0.1, 0.15) is 44.1 Å². The molecule has 0 bridgehead atoms. The van der Waals surface area contributed by atoms with E-state index in [2.05, 4.69) is 27.8 Å². The number of rotatable bonds is 7. The number of aryl methyl sites for hydroxylation is 3. The molecule has 3 rings (SSSR count). The molecule has 148 valence electrons. The third-order valence-corrected chi connectivity index (χ3v) is 4.70. The van der Waals surface area contributed by atoms with Crippen molar-refractivity contribution in [1.29, 1.82) is 0 Å². The normalized spacial score (nSPS) is 10.4. The highest BCUT2D eigenvalue weighted by atomic mass is 16.2. The zero-order valence-electron chi connectivity index (χ0n) is 16.7. The van der Waals surface area contributed by atoms with Gasteiger partial charge in [0.25, 0.3) is 11.8 Å². The predicted molar refractivity (Wildman–Crippen MR) is 115 cm³/mol. The second-order valence-corrected chi connectivity index (χ2v) is 6.97. The van der Waals surface area contributed by atoms with E-state index in [1.165, 1.54) is 5.56 Å². The maximum atomic E-state index is 12.6. The van der Waals surface area contributed by atoms with E-state index < -0.39 is 0 Å². The monoisotopic (exact) mass is 387 g/mol. The molecule has 0 fully saturated rings. The predicted octanol–water partition coefficient (Wildman–Crippen LogP) is 4.31. The highest BCUT2D eigenvalue weighted by Gasteiger charge is 2.14. The Kier molecular flexibility index (Phi) is 6.74. The smallest absolute Gasteiger partial charge is 0.274 e. The Labute approximate surface area is 171 Å². The number of nitrogens with one attached hydrogen (secondary N) is 2. The van der Waals surface area contributed by atoms with Crippen LogP contribution in [-0.2, 0) is 6.42 Å². The van der Waals surface area contributed by atoms with Gasteiger partial charge in [-0.1, -0.05) is 54.6 Å². The van der Waals surface area contributed by atoms with Gasteiger partial charge in [-0.2, -0.15) is 0 Å². The van der Waals surface area contributed by atoms with Crippen LogP contribution in [0.5, 0.6) is 0 Å². The van der Waals surface area contributed by atoms with Gasteiger partial charge in [-0.15, -0.1) is 0 Å². The summed E-state index contributed by atoms with van der Waals surface area (Å²) in [6, 6.07) is 20.9. The molecule has 2 aromatic carbocycles. The summed E-state index contributed by atoms with van der Waals surface area (Å²) >= 11 is 0. The van der Waals surface area contributed by atoms with E-state index in [1.54, 1.807) is 18.2 Å². The summed E-state index contributed by atoms with van der Waals surface area (Å²) < 4.78 is 0. The van der Waals surface area contributed by atoms with Crippen LogP contribution in [0.2, 0.25) is 0 Å². The van der Waals surface area contributed by atoms with Gasteiger partial charge in [0.05, 0.1) is 0 Å². The second kappa shape index (κ2) is 9.64.